The van der Waals surface area contributed by atoms with Crippen molar-refractivity contribution >= 4 is 17.8 Å². The van der Waals surface area contributed by atoms with Gasteiger partial charge in [0, 0.05) is 11.6 Å². The van der Waals surface area contributed by atoms with Crippen molar-refractivity contribution in [3.63, 3.8) is 0 Å². The molecule has 0 spiro atoms. The molecule has 0 saturated heterocycles. The van der Waals surface area contributed by atoms with E-state index < -0.39 is 5.54 Å². The number of nitrogens with zero attached hydrogens (tertiary/aromatic N) is 1. The Kier molecular flexibility index (Phi) is 7.04. The summed E-state index contributed by atoms with van der Waals surface area (Å²) in [6.45, 7) is 2.15. The first kappa shape index (κ1) is 22.5. The smallest absolute Gasteiger partial charge is 0.334 e. The van der Waals surface area contributed by atoms with Crippen LogP contribution < -0.4 is 4.74 Å². The minimum absolute atomic E-state index is 0.263. The van der Waals surface area contributed by atoms with Crippen LogP contribution in [0.1, 0.15) is 42.4 Å². The van der Waals surface area contributed by atoms with E-state index in [-0.39, 0.29) is 11.9 Å². The minimum atomic E-state index is -1.03. The van der Waals surface area contributed by atoms with Crippen molar-refractivity contribution in [1.82, 2.24) is 0 Å². The van der Waals surface area contributed by atoms with Gasteiger partial charge >= 0.3 is 5.97 Å². The van der Waals surface area contributed by atoms with Gasteiger partial charge in [-0.05, 0) is 48.6 Å². The van der Waals surface area contributed by atoms with Gasteiger partial charge in [0.05, 0.1) is 13.7 Å². The van der Waals surface area contributed by atoms with Crippen LogP contribution in [0.3, 0.4) is 0 Å². The SMILES string of the molecule is CCOC(=O)[C@@]1([C@@H](/C=C/c2ccccc2)c2ccccc2)CCC(c2cccc(OC)c2)=N1. The lowest BCUT2D eigenvalue weighted by Gasteiger charge is -2.31. The molecule has 0 unspecified atom stereocenters. The molecule has 3 aromatic rings. The van der Waals surface area contributed by atoms with Gasteiger partial charge in [0.25, 0.3) is 0 Å². The number of aliphatic imine (C=N–C) groups is 1. The molecule has 4 heteroatoms. The summed E-state index contributed by atoms with van der Waals surface area (Å²) in [6.07, 6.45) is 5.43. The van der Waals surface area contributed by atoms with Crippen LogP contribution in [0.4, 0.5) is 0 Å². The highest BCUT2D eigenvalue weighted by atomic mass is 16.5. The first-order valence-electron chi connectivity index (χ1n) is 11.3. The van der Waals surface area contributed by atoms with E-state index in [1.807, 2.05) is 67.6 Å². The van der Waals surface area contributed by atoms with E-state index in [0.29, 0.717) is 19.4 Å². The molecule has 168 valence electrons. The van der Waals surface area contributed by atoms with Crippen LogP contribution >= 0.6 is 0 Å². The van der Waals surface area contributed by atoms with Crippen molar-refractivity contribution in [3.8, 4) is 5.75 Å². The highest BCUT2D eigenvalue weighted by Gasteiger charge is 2.49. The number of hydrogen-bond acceptors (Lipinski definition) is 4. The van der Waals surface area contributed by atoms with Gasteiger partial charge in [-0.15, -0.1) is 0 Å². The van der Waals surface area contributed by atoms with Gasteiger partial charge in [0.15, 0.2) is 5.54 Å². The fourth-order valence-electron chi connectivity index (χ4n) is 4.41. The van der Waals surface area contributed by atoms with Gasteiger partial charge in [-0.2, -0.15) is 0 Å². The molecule has 0 saturated carbocycles. The summed E-state index contributed by atoms with van der Waals surface area (Å²) >= 11 is 0. The lowest BCUT2D eigenvalue weighted by molar-refractivity contribution is -0.150. The molecule has 0 aromatic heterocycles. The molecular formula is C29H29NO3. The zero-order chi connectivity index (χ0) is 23.1. The molecule has 0 fully saturated rings. The lowest BCUT2D eigenvalue weighted by Crippen LogP contribution is -2.42. The van der Waals surface area contributed by atoms with Crippen LogP contribution in [0.15, 0.2) is 96.0 Å². The van der Waals surface area contributed by atoms with Crippen molar-refractivity contribution in [1.29, 1.82) is 0 Å². The van der Waals surface area contributed by atoms with Gasteiger partial charge in [0.1, 0.15) is 5.75 Å². The summed E-state index contributed by atoms with van der Waals surface area (Å²) in [7, 11) is 1.65. The molecule has 0 amide bonds. The van der Waals surface area contributed by atoms with E-state index in [2.05, 4.69) is 36.4 Å². The first-order chi connectivity index (χ1) is 16.2. The Morgan fingerprint density at radius 3 is 2.45 bits per heavy atom. The van der Waals surface area contributed by atoms with Crippen LogP contribution in [0.5, 0.6) is 5.75 Å². The summed E-state index contributed by atoms with van der Waals surface area (Å²) in [5.74, 6) is 0.225. The maximum absolute atomic E-state index is 13.5. The number of hydrogen-bond donors (Lipinski definition) is 0. The standard InChI is InChI=1S/C29H29NO3/c1-3-33-28(31)29(20-19-27(30-29)24-15-10-16-25(21-24)32-2)26(23-13-8-5-9-14-23)18-17-22-11-6-4-7-12-22/h4-18,21,26H,3,19-20H2,1-2H3/b18-17+/t26-,29-/m0/s1. The number of ether oxygens (including phenoxy) is 2. The summed E-state index contributed by atoms with van der Waals surface area (Å²) in [4.78, 5) is 18.6. The van der Waals surface area contributed by atoms with Gasteiger partial charge in [-0.25, -0.2) is 4.79 Å². The maximum atomic E-state index is 13.5. The van der Waals surface area contributed by atoms with Gasteiger partial charge in [-0.3, -0.25) is 4.99 Å². The molecule has 0 N–H and O–H groups in total. The Morgan fingerprint density at radius 2 is 1.76 bits per heavy atom. The van der Waals surface area contributed by atoms with E-state index in [1.54, 1.807) is 7.11 Å². The monoisotopic (exact) mass is 439 g/mol. The quantitative estimate of drug-likeness (QED) is 0.400. The average Bonchev–Trinajstić information content (AvgIpc) is 3.32. The fraction of sp³-hybridized carbons (Fsp3) is 0.241. The molecule has 3 aromatic carbocycles. The molecule has 0 aliphatic carbocycles. The third-order valence-corrected chi connectivity index (χ3v) is 6.06. The van der Waals surface area contributed by atoms with E-state index in [9.17, 15) is 4.79 Å². The summed E-state index contributed by atoms with van der Waals surface area (Å²) in [5.41, 5.74) is 2.96. The first-order valence-corrected chi connectivity index (χ1v) is 11.3. The zero-order valence-corrected chi connectivity index (χ0v) is 19.1. The third-order valence-electron chi connectivity index (χ3n) is 6.06. The molecule has 0 radical (unpaired) electrons. The molecule has 1 aliphatic rings. The predicted molar refractivity (Wildman–Crippen MR) is 133 cm³/mol. The van der Waals surface area contributed by atoms with Crippen LogP contribution in [0.2, 0.25) is 0 Å². The number of benzene rings is 3. The summed E-state index contributed by atoms with van der Waals surface area (Å²) in [5, 5.41) is 0. The Morgan fingerprint density at radius 1 is 1.03 bits per heavy atom. The molecule has 2 atom stereocenters. The van der Waals surface area contributed by atoms with Gasteiger partial charge in [0.2, 0.25) is 0 Å². The average molecular weight is 440 g/mol. The number of rotatable bonds is 8. The van der Waals surface area contributed by atoms with Crippen LogP contribution in [-0.2, 0) is 9.53 Å². The van der Waals surface area contributed by atoms with Crippen LogP contribution in [-0.4, -0.2) is 30.9 Å². The van der Waals surface area contributed by atoms with Crippen molar-refractivity contribution in [3.05, 3.63) is 108 Å². The summed E-state index contributed by atoms with van der Waals surface area (Å²) < 4.78 is 11.0. The Bertz CT molecular complexity index is 1140. The van der Waals surface area contributed by atoms with Crippen molar-refractivity contribution in [2.45, 2.75) is 31.2 Å². The second-order valence-corrected chi connectivity index (χ2v) is 8.09. The lowest BCUT2D eigenvalue weighted by atomic mass is 9.77. The molecule has 1 aliphatic heterocycles. The Balaban J connectivity index is 1.82. The predicted octanol–water partition coefficient (Wildman–Crippen LogP) is 6.08. The number of esters is 1. The van der Waals surface area contributed by atoms with Gasteiger partial charge in [-0.1, -0.05) is 84.9 Å². The van der Waals surface area contributed by atoms with Crippen molar-refractivity contribution < 1.29 is 14.3 Å². The largest absolute Gasteiger partial charge is 0.497 e. The van der Waals surface area contributed by atoms with Crippen molar-refractivity contribution in [2.24, 2.45) is 4.99 Å². The number of carbonyl (C=O) groups is 1. The summed E-state index contributed by atoms with van der Waals surface area (Å²) in [6, 6.07) is 28.0. The number of carbonyl (C=O) groups excluding carboxylic acids is 1. The number of methoxy groups -OCH3 is 1. The molecule has 1 heterocycles. The second kappa shape index (κ2) is 10.3. The zero-order valence-electron chi connectivity index (χ0n) is 19.1. The molecule has 4 nitrogen and oxygen atoms in total. The topological polar surface area (TPSA) is 47.9 Å². The molecule has 4 rings (SSSR count). The Hall–Kier alpha value is -3.66. The fourth-order valence-corrected chi connectivity index (χ4v) is 4.41. The van der Waals surface area contributed by atoms with Gasteiger partial charge < -0.3 is 9.47 Å². The van der Waals surface area contributed by atoms with Crippen LogP contribution in [0.25, 0.3) is 6.08 Å². The van der Waals surface area contributed by atoms with E-state index in [4.69, 9.17) is 14.5 Å². The molecule has 0 bridgehead atoms. The third kappa shape index (κ3) is 4.90. The van der Waals surface area contributed by atoms with E-state index >= 15 is 0 Å². The highest BCUT2D eigenvalue weighted by Crippen LogP contribution is 2.43. The molecular weight excluding hydrogens is 410 g/mol. The van der Waals surface area contributed by atoms with Crippen LogP contribution in [0, 0.1) is 0 Å². The Labute approximate surface area is 195 Å². The second-order valence-electron chi connectivity index (χ2n) is 8.09. The maximum Gasteiger partial charge on any atom is 0.334 e. The normalized spacial score (nSPS) is 18.7. The molecule has 33 heavy (non-hydrogen) atoms. The van der Waals surface area contributed by atoms with Crippen molar-refractivity contribution in [2.75, 3.05) is 13.7 Å². The highest BCUT2D eigenvalue weighted by molar-refractivity contribution is 6.05. The minimum Gasteiger partial charge on any atom is -0.497 e. The van der Waals surface area contributed by atoms with E-state index in [0.717, 1.165) is 28.2 Å². The van der Waals surface area contributed by atoms with E-state index in [1.165, 1.54) is 0 Å².